The van der Waals surface area contributed by atoms with Crippen molar-refractivity contribution in [1.82, 2.24) is 9.80 Å². The van der Waals surface area contributed by atoms with Crippen molar-refractivity contribution in [2.24, 2.45) is 5.73 Å². The van der Waals surface area contributed by atoms with Crippen LogP contribution >= 0.6 is 31.9 Å². The van der Waals surface area contributed by atoms with Gasteiger partial charge in [-0.2, -0.15) is 0 Å². The molecule has 20 heavy (non-hydrogen) atoms. The van der Waals surface area contributed by atoms with Crippen molar-refractivity contribution in [2.75, 3.05) is 40.3 Å². The average molecular weight is 407 g/mol. The molecule has 0 heterocycles. The molecule has 0 radical (unpaired) electrons. The molecule has 0 aliphatic rings. The van der Waals surface area contributed by atoms with Gasteiger partial charge in [0.1, 0.15) is 0 Å². The SMILES string of the molecule is CCCN(CCN(C)C)C(CN)c1ccc(Br)c(Br)c1. The molecule has 0 bridgehead atoms. The smallest absolute Gasteiger partial charge is 0.0471 e. The van der Waals surface area contributed by atoms with Crippen molar-refractivity contribution >= 4 is 31.9 Å². The lowest BCUT2D eigenvalue weighted by atomic mass is 10.0. The Labute approximate surface area is 139 Å². The zero-order valence-electron chi connectivity index (χ0n) is 12.6. The van der Waals surface area contributed by atoms with E-state index in [0.717, 1.165) is 35.0 Å². The number of hydrogen-bond acceptors (Lipinski definition) is 3. The highest BCUT2D eigenvalue weighted by atomic mass is 79.9. The Morgan fingerprint density at radius 1 is 1.10 bits per heavy atom. The number of likely N-dealkylation sites (N-methyl/N-ethyl adjacent to an activating group) is 1. The highest BCUT2D eigenvalue weighted by Crippen LogP contribution is 2.28. The Hall–Kier alpha value is 0.0600. The molecule has 114 valence electrons. The first-order valence-corrected chi connectivity index (χ1v) is 8.62. The van der Waals surface area contributed by atoms with Crippen LogP contribution in [0.5, 0.6) is 0 Å². The zero-order chi connectivity index (χ0) is 15.1. The Balaban J connectivity index is 2.90. The molecule has 0 fully saturated rings. The highest BCUT2D eigenvalue weighted by Gasteiger charge is 2.19. The second kappa shape index (κ2) is 9.15. The summed E-state index contributed by atoms with van der Waals surface area (Å²) in [6, 6.07) is 6.68. The minimum atomic E-state index is 0.277. The first kappa shape index (κ1) is 18.1. The molecular weight excluding hydrogens is 382 g/mol. The number of rotatable bonds is 8. The van der Waals surface area contributed by atoms with Gasteiger partial charge in [-0.25, -0.2) is 0 Å². The number of hydrogen-bond donors (Lipinski definition) is 1. The molecule has 1 unspecified atom stereocenters. The van der Waals surface area contributed by atoms with E-state index in [4.69, 9.17) is 5.73 Å². The number of nitrogens with two attached hydrogens (primary N) is 1. The molecular formula is C15H25Br2N3. The fraction of sp³-hybridized carbons (Fsp3) is 0.600. The summed E-state index contributed by atoms with van der Waals surface area (Å²) in [5.74, 6) is 0. The largest absolute Gasteiger partial charge is 0.329 e. The molecule has 0 amide bonds. The Kier molecular flexibility index (Phi) is 8.29. The summed E-state index contributed by atoms with van der Waals surface area (Å²) in [6.07, 6.45) is 1.14. The van der Waals surface area contributed by atoms with Gasteiger partial charge >= 0.3 is 0 Å². The summed E-state index contributed by atoms with van der Waals surface area (Å²) in [5.41, 5.74) is 7.32. The van der Waals surface area contributed by atoms with Gasteiger partial charge in [-0.05, 0) is 76.6 Å². The number of halogens is 2. The second-order valence-corrected chi connectivity index (χ2v) is 6.97. The fourth-order valence-corrected chi connectivity index (χ4v) is 2.90. The molecule has 0 aliphatic carbocycles. The van der Waals surface area contributed by atoms with Crippen molar-refractivity contribution in [3.63, 3.8) is 0 Å². The molecule has 1 aromatic rings. The van der Waals surface area contributed by atoms with Crippen LogP contribution in [-0.4, -0.2) is 50.1 Å². The van der Waals surface area contributed by atoms with Crippen molar-refractivity contribution in [1.29, 1.82) is 0 Å². The van der Waals surface area contributed by atoms with Gasteiger partial charge in [-0.3, -0.25) is 4.90 Å². The lowest BCUT2D eigenvalue weighted by Gasteiger charge is -2.32. The summed E-state index contributed by atoms with van der Waals surface area (Å²) in [7, 11) is 4.22. The van der Waals surface area contributed by atoms with Crippen LogP contribution < -0.4 is 5.73 Å². The minimum Gasteiger partial charge on any atom is -0.329 e. The van der Waals surface area contributed by atoms with Crippen LogP contribution in [0.15, 0.2) is 27.1 Å². The predicted octanol–water partition coefficient (Wildman–Crippen LogP) is 3.49. The Morgan fingerprint density at radius 2 is 1.80 bits per heavy atom. The molecule has 1 rings (SSSR count). The van der Waals surface area contributed by atoms with Gasteiger partial charge in [0.2, 0.25) is 0 Å². The number of benzene rings is 1. The van der Waals surface area contributed by atoms with E-state index in [2.05, 4.69) is 80.9 Å². The fourth-order valence-electron chi connectivity index (χ4n) is 2.25. The van der Waals surface area contributed by atoms with Gasteiger partial charge in [0, 0.05) is 34.6 Å². The third-order valence-electron chi connectivity index (χ3n) is 3.34. The summed E-state index contributed by atoms with van der Waals surface area (Å²) in [5, 5.41) is 0. The molecule has 1 atom stereocenters. The summed E-state index contributed by atoms with van der Waals surface area (Å²) in [6.45, 7) is 6.02. The van der Waals surface area contributed by atoms with Crippen molar-refractivity contribution < 1.29 is 0 Å². The number of nitrogens with zero attached hydrogens (tertiary/aromatic N) is 2. The van der Waals surface area contributed by atoms with Gasteiger partial charge in [0.25, 0.3) is 0 Å². The highest BCUT2D eigenvalue weighted by molar-refractivity contribution is 9.13. The molecule has 5 heteroatoms. The maximum absolute atomic E-state index is 6.05. The van der Waals surface area contributed by atoms with Crippen LogP contribution in [0.25, 0.3) is 0 Å². The average Bonchev–Trinajstić information content (AvgIpc) is 2.40. The van der Waals surface area contributed by atoms with E-state index in [1.807, 2.05) is 0 Å². The minimum absolute atomic E-state index is 0.277. The quantitative estimate of drug-likeness (QED) is 0.717. The molecule has 0 aliphatic heterocycles. The van der Waals surface area contributed by atoms with Crippen molar-refractivity contribution in [3.05, 3.63) is 32.7 Å². The molecule has 1 aromatic carbocycles. The van der Waals surface area contributed by atoms with E-state index >= 15 is 0 Å². The molecule has 3 nitrogen and oxygen atoms in total. The monoisotopic (exact) mass is 405 g/mol. The van der Waals surface area contributed by atoms with Gasteiger partial charge in [-0.15, -0.1) is 0 Å². The zero-order valence-corrected chi connectivity index (χ0v) is 15.7. The van der Waals surface area contributed by atoms with Crippen molar-refractivity contribution in [2.45, 2.75) is 19.4 Å². The Bertz CT molecular complexity index is 410. The summed E-state index contributed by atoms with van der Waals surface area (Å²) < 4.78 is 2.16. The van der Waals surface area contributed by atoms with Crippen LogP contribution in [0, 0.1) is 0 Å². The maximum atomic E-state index is 6.05. The summed E-state index contributed by atoms with van der Waals surface area (Å²) in [4.78, 5) is 4.70. The first-order valence-electron chi connectivity index (χ1n) is 7.03. The van der Waals surface area contributed by atoms with Crippen LogP contribution in [0.4, 0.5) is 0 Å². The lowest BCUT2D eigenvalue weighted by Crippen LogP contribution is -2.38. The Morgan fingerprint density at radius 3 is 2.30 bits per heavy atom. The van der Waals surface area contributed by atoms with Crippen molar-refractivity contribution in [3.8, 4) is 0 Å². The van der Waals surface area contributed by atoms with Crippen LogP contribution in [-0.2, 0) is 0 Å². The molecule has 0 saturated carbocycles. The maximum Gasteiger partial charge on any atom is 0.0471 e. The van der Waals surface area contributed by atoms with Gasteiger partial charge in [0.05, 0.1) is 0 Å². The van der Waals surface area contributed by atoms with Crippen LogP contribution in [0.2, 0.25) is 0 Å². The van der Waals surface area contributed by atoms with E-state index < -0.39 is 0 Å². The topological polar surface area (TPSA) is 32.5 Å². The van der Waals surface area contributed by atoms with E-state index in [-0.39, 0.29) is 6.04 Å². The molecule has 0 aromatic heterocycles. The molecule has 0 spiro atoms. The third-order valence-corrected chi connectivity index (χ3v) is 5.22. The van der Waals surface area contributed by atoms with Crippen LogP contribution in [0.3, 0.4) is 0 Å². The normalized spacial score (nSPS) is 13.2. The molecule has 2 N–H and O–H groups in total. The second-order valence-electron chi connectivity index (χ2n) is 5.26. The lowest BCUT2D eigenvalue weighted by molar-refractivity contribution is 0.182. The standard InChI is InChI=1S/C15H25Br2N3/c1-4-7-20(9-8-19(2)3)15(11-18)12-5-6-13(16)14(17)10-12/h5-6,10,15H,4,7-9,11,18H2,1-3H3. The van der Waals surface area contributed by atoms with E-state index in [9.17, 15) is 0 Å². The van der Waals surface area contributed by atoms with Crippen LogP contribution in [0.1, 0.15) is 24.9 Å². The van der Waals surface area contributed by atoms with E-state index in [1.54, 1.807) is 0 Å². The first-order chi connectivity index (χ1) is 9.49. The molecule has 0 saturated heterocycles. The van der Waals surface area contributed by atoms with E-state index in [0.29, 0.717) is 6.54 Å². The third kappa shape index (κ3) is 5.45. The van der Waals surface area contributed by atoms with E-state index in [1.165, 1.54) is 5.56 Å². The van der Waals surface area contributed by atoms with Gasteiger partial charge in [-0.1, -0.05) is 13.0 Å². The van der Waals surface area contributed by atoms with Gasteiger partial charge < -0.3 is 10.6 Å². The van der Waals surface area contributed by atoms with Gasteiger partial charge in [0.15, 0.2) is 0 Å². The predicted molar refractivity (Wildman–Crippen MR) is 94.1 cm³/mol. The summed E-state index contributed by atoms with van der Waals surface area (Å²) >= 11 is 7.10.